The first kappa shape index (κ1) is 17.5. The summed E-state index contributed by atoms with van der Waals surface area (Å²) in [6, 6.07) is -0.634. The van der Waals surface area contributed by atoms with Crippen LogP contribution in [0, 0.1) is 10.8 Å². The van der Waals surface area contributed by atoms with Crippen molar-refractivity contribution in [1.82, 2.24) is 29.7 Å². The van der Waals surface area contributed by atoms with E-state index in [1.165, 1.54) is 0 Å². The standard InChI is InChI=1S/C18H28N6O/c1-16(2)17(3,4)18(16,5)22-15(25)21-12(13-19-8-10-23(13)6)14-20-9-11-24(14)7/h8-12H,1-7H3,(H2,21,22,25). The first-order valence-electron chi connectivity index (χ1n) is 8.56. The lowest BCUT2D eigenvalue weighted by Gasteiger charge is -2.23. The Morgan fingerprint density at radius 2 is 1.40 bits per heavy atom. The van der Waals surface area contributed by atoms with Crippen LogP contribution in [0.4, 0.5) is 4.79 Å². The Labute approximate surface area is 148 Å². The Hall–Kier alpha value is -2.31. The molecule has 0 aliphatic heterocycles. The molecule has 7 heteroatoms. The van der Waals surface area contributed by atoms with Crippen molar-refractivity contribution in [3.63, 3.8) is 0 Å². The molecule has 2 aromatic heterocycles. The molecule has 2 heterocycles. The second-order valence-corrected chi connectivity index (χ2v) is 8.20. The van der Waals surface area contributed by atoms with Gasteiger partial charge in [0.25, 0.3) is 0 Å². The molecule has 25 heavy (non-hydrogen) atoms. The van der Waals surface area contributed by atoms with E-state index in [2.05, 4.69) is 55.2 Å². The molecule has 136 valence electrons. The Kier molecular flexibility index (Phi) is 3.74. The first-order chi connectivity index (χ1) is 11.5. The van der Waals surface area contributed by atoms with Crippen LogP contribution in [0.1, 0.15) is 52.3 Å². The second-order valence-electron chi connectivity index (χ2n) is 8.20. The largest absolute Gasteiger partial charge is 0.336 e. The van der Waals surface area contributed by atoms with Crippen LogP contribution in [0.5, 0.6) is 0 Å². The zero-order chi connectivity index (χ0) is 18.6. The number of amides is 2. The maximum Gasteiger partial charge on any atom is 0.316 e. The summed E-state index contributed by atoms with van der Waals surface area (Å²) < 4.78 is 3.79. The zero-order valence-electron chi connectivity index (χ0n) is 16.1. The maximum atomic E-state index is 12.8. The number of aryl methyl sites for hydroxylation is 2. The van der Waals surface area contributed by atoms with E-state index in [9.17, 15) is 4.79 Å². The van der Waals surface area contributed by atoms with Gasteiger partial charge in [0, 0.05) is 38.9 Å². The van der Waals surface area contributed by atoms with E-state index >= 15 is 0 Å². The quantitative estimate of drug-likeness (QED) is 0.894. The molecule has 1 aliphatic rings. The predicted molar refractivity (Wildman–Crippen MR) is 95.9 cm³/mol. The predicted octanol–water partition coefficient (Wildman–Crippen LogP) is 2.37. The first-order valence-corrected chi connectivity index (χ1v) is 8.56. The van der Waals surface area contributed by atoms with Gasteiger partial charge in [-0.3, -0.25) is 0 Å². The van der Waals surface area contributed by atoms with Crippen molar-refractivity contribution in [2.75, 3.05) is 0 Å². The molecule has 2 aromatic rings. The fourth-order valence-electron chi connectivity index (χ4n) is 3.86. The van der Waals surface area contributed by atoms with Crippen molar-refractivity contribution in [2.24, 2.45) is 24.9 Å². The van der Waals surface area contributed by atoms with Gasteiger partial charge in [-0.15, -0.1) is 0 Å². The summed E-state index contributed by atoms with van der Waals surface area (Å²) in [4.78, 5) is 21.6. The van der Waals surface area contributed by atoms with Gasteiger partial charge in [-0.05, 0) is 17.8 Å². The number of urea groups is 1. The number of carbonyl (C=O) groups is 1. The highest BCUT2D eigenvalue weighted by Crippen LogP contribution is 2.70. The number of rotatable bonds is 4. The number of imidazole rings is 2. The molecule has 2 amide bonds. The Balaban J connectivity index is 1.84. The van der Waals surface area contributed by atoms with Crippen molar-refractivity contribution in [1.29, 1.82) is 0 Å². The van der Waals surface area contributed by atoms with E-state index in [-0.39, 0.29) is 22.4 Å². The molecule has 1 aliphatic carbocycles. The van der Waals surface area contributed by atoms with Gasteiger partial charge in [-0.1, -0.05) is 27.7 Å². The van der Waals surface area contributed by atoms with Crippen LogP contribution < -0.4 is 10.6 Å². The third kappa shape index (κ3) is 2.36. The summed E-state index contributed by atoms with van der Waals surface area (Å²) >= 11 is 0. The summed E-state index contributed by atoms with van der Waals surface area (Å²) in [5.41, 5.74) is -0.212. The van der Waals surface area contributed by atoms with Crippen molar-refractivity contribution in [3.05, 3.63) is 36.4 Å². The van der Waals surface area contributed by atoms with Crippen molar-refractivity contribution in [2.45, 2.75) is 46.2 Å². The molecular weight excluding hydrogens is 316 g/mol. The molecule has 2 N–H and O–H groups in total. The molecule has 1 saturated carbocycles. The van der Waals surface area contributed by atoms with Crippen molar-refractivity contribution in [3.8, 4) is 0 Å². The number of nitrogens with one attached hydrogen (secondary N) is 2. The smallest absolute Gasteiger partial charge is 0.316 e. The van der Waals surface area contributed by atoms with Crippen LogP contribution in [0.15, 0.2) is 24.8 Å². The topological polar surface area (TPSA) is 76.8 Å². The number of nitrogens with zero attached hydrogens (tertiary/aromatic N) is 4. The van der Waals surface area contributed by atoms with Crippen LogP contribution >= 0.6 is 0 Å². The van der Waals surface area contributed by atoms with Gasteiger partial charge in [0.2, 0.25) is 0 Å². The highest BCUT2D eigenvalue weighted by molar-refractivity contribution is 5.77. The molecule has 0 radical (unpaired) electrons. The lowest BCUT2D eigenvalue weighted by atomic mass is 10.0. The molecule has 7 nitrogen and oxygen atoms in total. The SMILES string of the molecule is Cn1ccnc1C(NC(=O)NC1(C)C(C)(C)C1(C)C)c1nccn1C. The molecule has 0 bridgehead atoms. The molecular formula is C18H28N6O. The number of carbonyl (C=O) groups excluding carboxylic acids is 1. The van der Waals surface area contributed by atoms with Gasteiger partial charge in [0.05, 0.1) is 5.54 Å². The van der Waals surface area contributed by atoms with Gasteiger partial charge in [-0.2, -0.15) is 0 Å². The highest BCUT2D eigenvalue weighted by Gasteiger charge is 2.75. The minimum absolute atomic E-state index is 0.0271. The number of hydrogen-bond donors (Lipinski definition) is 2. The van der Waals surface area contributed by atoms with E-state index < -0.39 is 6.04 Å². The van der Waals surface area contributed by atoms with Crippen LogP contribution in [-0.4, -0.2) is 30.7 Å². The minimum Gasteiger partial charge on any atom is -0.336 e. The summed E-state index contributed by atoms with van der Waals surface area (Å²) in [6.45, 7) is 10.8. The van der Waals surface area contributed by atoms with Crippen LogP contribution in [0.25, 0.3) is 0 Å². The summed E-state index contributed by atoms with van der Waals surface area (Å²) in [7, 11) is 3.82. The van der Waals surface area contributed by atoms with Crippen molar-refractivity contribution < 1.29 is 4.79 Å². The van der Waals surface area contributed by atoms with Gasteiger partial charge in [0.15, 0.2) is 0 Å². The maximum absolute atomic E-state index is 12.8. The molecule has 0 aromatic carbocycles. The second kappa shape index (κ2) is 5.34. The van der Waals surface area contributed by atoms with E-state index in [1.807, 2.05) is 35.6 Å². The third-order valence-corrected chi connectivity index (χ3v) is 6.87. The average molecular weight is 344 g/mol. The number of hydrogen-bond acceptors (Lipinski definition) is 3. The number of aromatic nitrogens is 4. The fraction of sp³-hybridized carbons (Fsp3) is 0.611. The van der Waals surface area contributed by atoms with Crippen LogP contribution in [-0.2, 0) is 14.1 Å². The van der Waals surface area contributed by atoms with E-state index in [1.54, 1.807) is 12.4 Å². The molecule has 1 fully saturated rings. The average Bonchev–Trinajstić information content (AvgIpc) is 3.02. The fourth-order valence-corrected chi connectivity index (χ4v) is 3.86. The van der Waals surface area contributed by atoms with E-state index in [0.717, 1.165) is 11.6 Å². The Bertz CT molecular complexity index is 746. The third-order valence-electron chi connectivity index (χ3n) is 6.87. The highest BCUT2D eigenvalue weighted by atomic mass is 16.2. The molecule has 0 unspecified atom stereocenters. The summed E-state index contributed by atoms with van der Waals surface area (Å²) in [5, 5.41) is 6.24. The van der Waals surface area contributed by atoms with E-state index in [0.29, 0.717) is 0 Å². The minimum atomic E-state index is -0.423. The van der Waals surface area contributed by atoms with Gasteiger partial charge >= 0.3 is 6.03 Å². The summed E-state index contributed by atoms with van der Waals surface area (Å²) in [5.74, 6) is 1.48. The lowest BCUT2D eigenvalue weighted by molar-refractivity contribution is 0.229. The van der Waals surface area contributed by atoms with Crippen LogP contribution in [0.2, 0.25) is 0 Å². The van der Waals surface area contributed by atoms with E-state index in [4.69, 9.17) is 0 Å². The normalized spacial score (nSPS) is 19.7. The molecule has 0 spiro atoms. The zero-order valence-corrected chi connectivity index (χ0v) is 16.1. The van der Waals surface area contributed by atoms with Gasteiger partial charge < -0.3 is 19.8 Å². The Morgan fingerprint density at radius 1 is 0.960 bits per heavy atom. The molecule has 3 rings (SSSR count). The van der Waals surface area contributed by atoms with Crippen LogP contribution in [0.3, 0.4) is 0 Å². The monoisotopic (exact) mass is 344 g/mol. The van der Waals surface area contributed by atoms with Crippen molar-refractivity contribution >= 4 is 6.03 Å². The Morgan fingerprint density at radius 3 is 1.72 bits per heavy atom. The molecule has 0 saturated heterocycles. The molecule has 0 atom stereocenters. The van der Waals surface area contributed by atoms with Gasteiger partial charge in [0.1, 0.15) is 17.7 Å². The van der Waals surface area contributed by atoms with Gasteiger partial charge in [-0.25, -0.2) is 14.8 Å². The lowest BCUT2D eigenvalue weighted by Crippen LogP contribution is -2.47. The summed E-state index contributed by atoms with van der Waals surface area (Å²) in [6.07, 6.45) is 7.16.